The molecular formula is C9H16ClN. The molecule has 0 saturated carbocycles. The maximum Gasteiger partial charge on any atom is 0.0264 e. The highest BCUT2D eigenvalue weighted by atomic mass is 35.5. The summed E-state index contributed by atoms with van der Waals surface area (Å²) >= 11 is 5.76. The first-order chi connectivity index (χ1) is 5.36. The van der Waals surface area contributed by atoms with Crippen LogP contribution in [0.3, 0.4) is 0 Å². The van der Waals surface area contributed by atoms with Crippen molar-refractivity contribution in [2.45, 2.75) is 13.3 Å². The van der Waals surface area contributed by atoms with Gasteiger partial charge in [-0.1, -0.05) is 12.2 Å². The maximum absolute atomic E-state index is 5.76. The lowest BCUT2D eigenvalue weighted by atomic mass is 10.2. The van der Waals surface area contributed by atoms with E-state index in [-0.39, 0.29) is 0 Å². The maximum atomic E-state index is 5.76. The van der Waals surface area contributed by atoms with Gasteiger partial charge in [0.25, 0.3) is 0 Å². The SMILES string of the molecule is C/C=C/CN1CCC(CCl)C1. The molecule has 0 spiro atoms. The molecule has 0 radical (unpaired) electrons. The van der Waals surface area contributed by atoms with Crippen molar-refractivity contribution < 1.29 is 0 Å². The van der Waals surface area contributed by atoms with Crippen LogP contribution in [0.4, 0.5) is 0 Å². The minimum Gasteiger partial charge on any atom is -0.299 e. The Hall–Kier alpha value is -0.0100. The average molecular weight is 174 g/mol. The lowest BCUT2D eigenvalue weighted by molar-refractivity contribution is 0.364. The molecule has 0 aromatic carbocycles. The largest absolute Gasteiger partial charge is 0.299 e. The monoisotopic (exact) mass is 173 g/mol. The van der Waals surface area contributed by atoms with Gasteiger partial charge in [0.15, 0.2) is 0 Å². The van der Waals surface area contributed by atoms with Gasteiger partial charge in [-0.2, -0.15) is 0 Å². The third-order valence-corrected chi connectivity index (χ3v) is 2.62. The van der Waals surface area contributed by atoms with Crippen molar-refractivity contribution in [1.29, 1.82) is 0 Å². The van der Waals surface area contributed by atoms with E-state index >= 15 is 0 Å². The molecule has 0 bridgehead atoms. The third-order valence-electron chi connectivity index (χ3n) is 2.19. The van der Waals surface area contributed by atoms with Crippen LogP contribution in [0.25, 0.3) is 0 Å². The Kier molecular flexibility index (Phi) is 3.95. The van der Waals surface area contributed by atoms with Crippen LogP contribution >= 0.6 is 11.6 Å². The summed E-state index contributed by atoms with van der Waals surface area (Å²) in [4.78, 5) is 2.45. The molecule has 0 N–H and O–H groups in total. The Morgan fingerprint density at radius 2 is 2.45 bits per heavy atom. The Bertz CT molecular complexity index is 134. The minimum absolute atomic E-state index is 0.738. The van der Waals surface area contributed by atoms with Gasteiger partial charge in [0.1, 0.15) is 0 Å². The molecule has 11 heavy (non-hydrogen) atoms. The number of halogens is 1. The number of rotatable bonds is 3. The van der Waals surface area contributed by atoms with Crippen LogP contribution in [-0.4, -0.2) is 30.4 Å². The van der Waals surface area contributed by atoms with Crippen molar-refractivity contribution in [3.63, 3.8) is 0 Å². The molecule has 1 fully saturated rings. The molecular weight excluding hydrogens is 158 g/mol. The molecule has 1 aliphatic heterocycles. The van der Waals surface area contributed by atoms with Gasteiger partial charge in [0, 0.05) is 19.0 Å². The van der Waals surface area contributed by atoms with E-state index in [9.17, 15) is 0 Å². The highest BCUT2D eigenvalue weighted by Gasteiger charge is 2.19. The normalized spacial score (nSPS) is 26.9. The molecule has 1 nitrogen and oxygen atoms in total. The zero-order valence-corrected chi connectivity index (χ0v) is 7.85. The predicted molar refractivity (Wildman–Crippen MR) is 50.1 cm³/mol. The van der Waals surface area contributed by atoms with Gasteiger partial charge in [0.05, 0.1) is 0 Å². The van der Waals surface area contributed by atoms with Crippen LogP contribution in [0.2, 0.25) is 0 Å². The quantitative estimate of drug-likeness (QED) is 0.467. The molecule has 1 aliphatic rings. The van der Waals surface area contributed by atoms with Crippen LogP contribution in [0.1, 0.15) is 13.3 Å². The van der Waals surface area contributed by atoms with E-state index < -0.39 is 0 Å². The summed E-state index contributed by atoms with van der Waals surface area (Å²) in [6, 6.07) is 0. The Morgan fingerprint density at radius 3 is 3.00 bits per heavy atom. The number of likely N-dealkylation sites (tertiary alicyclic amines) is 1. The number of alkyl halides is 1. The van der Waals surface area contributed by atoms with Crippen LogP contribution in [0.15, 0.2) is 12.2 Å². The first-order valence-corrected chi connectivity index (χ1v) is 4.79. The first kappa shape index (κ1) is 9.08. The molecule has 1 atom stereocenters. The standard InChI is InChI=1S/C9H16ClN/c1-2-3-5-11-6-4-9(7-10)8-11/h2-3,9H,4-8H2,1H3/b3-2+. The Balaban J connectivity index is 2.19. The van der Waals surface area contributed by atoms with Crippen molar-refractivity contribution in [1.82, 2.24) is 4.90 Å². The molecule has 1 rings (SSSR count). The van der Waals surface area contributed by atoms with E-state index in [0.717, 1.165) is 18.3 Å². The molecule has 0 aliphatic carbocycles. The molecule has 0 aromatic heterocycles. The van der Waals surface area contributed by atoms with Gasteiger partial charge in [-0.15, -0.1) is 11.6 Å². The number of hydrogen-bond acceptors (Lipinski definition) is 1. The smallest absolute Gasteiger partial charge is 0.0264 e. The van der Waals surface area contributed by atoms with Gasteiger partial charge in [-0.3, -0.25) is 4.90 Å². The number of allylic oxidation sites excluding steroid dienone is 1. The number of nitrogens with zero attached hydrogens (tertiary/aromatic N) is 1. The van der Waals surface area contributed by atoms with Gasteiger partial charge in [-0.25, -0.2) is 0 Å². The fourth-order valence-corrected chi connectivity index (χ4v) is 1.71. The van der Waals surface area contributed by atoms with E-state index in [4.69, 9.17) is 11.6 Å². The minimum atomic E-state index is 0.738. The fourth-order valence-electron chi connectivity index (χ4n) is 1.46. The lowest BCUT2D eigenvalue weighted by Crippen LogP contribution is -2.20. The fraction of sp³-hybridized carbons (Fsp3) is 0.778. The molecule has 1 unspecified atom stereocenters. The van der Waals surface area contributed by atoms with Crippen LogP contribution < -0.4 is 0 Å². The summed E-state index contributed by atoms with van der Waals surface area (Å²) in [6.07, 6.45) is 5.59. The third kappa shape index (κ3) is 2.84. The van der Waals surface area contributed by atoms with Crippen molar-refractivity contribution in [3.8, 4) is 0 Å². The van der Waals surface area contributed by atoms with Crippen LogP contribution in [0, 0.1) is 5.92 Å². The van der Waals surface area contributed by atoms with Crippen molar-refractivity contribution >= 4 is 11.6 Å². The Morgan fingerprint density at radius 1 is 1.64 bits per heavy atom. The van der Waals surface area contributed by atoms with Gasteiger partial charge in [0.2, 0.25) is 0 Å². The summed E-state index contributed by atoms with van der Waals surface area (Å²) < 4.78 is 0. The van der Waals surface area contributed by atoms with Crippen molar-refractivity contribution in [2.24, 2.45) is 5.92 Å². The second-order valence-electron chi connectivity index (χ2n) is 3.14. The molecule has 0 amide bonds. The predicted octanol–water partition coefficient (Wildman–Crippen LogP) is 2.12. The summed E-state index contributed by atoms with van der Waals surface area (Å²) in [5.41, 5.74) is 0. The van der Waals surface area contributed by atoms with E-state index in [1.165, 1.54) is 19.5 Å². The van der Waals surface area contributed by atoms with Crippen molar-refractivity contribution in [3.05, 3.63) is 12.2 Å². The molecule has 1 saturated heterocycles. The zero-order chi connectivity index (χ0) is 8.10. The summed E-state index contributed by atoms with van der Waals surface area (Å²) in [5.74, 6) is 1.56. The molecule has 1 heterocycles. The molecule has 0 aromatic rings. The highest BCUT2D eigenvalue weighted by Crippen LogP contribution is 2.16. The molecule has 2 heteroatoms. The second kappa shape index (κ2) is 4.78. The lowest BCUT2D eigenvalue weighted by Gasteiger charge is -2.11. The second-order valence-corrected chi connectivity index (χ2v) is 3.45. The Labute approximate surface area is 74.0 Å². The van der Waals surface area contributed by atoms with Gasteiger partial charge < -0.3 is 0 Å². The van der Waals surface area contributed by atoms with Crippen LogP contribution in [-0.2, 0) is 0 Å². The van der Waals surface area contributed by atoms with E-state index in [1.807, 2.05) is 0 Å². The highest BCUT2D eigenvalue weighted by molar-refractivity contribution is 6.18. The summed E-state index contributed by atoms with van der Waals surface area (Å²) in [5, 5.41) is 0. The number of hydrogen-bond donors (Lipinski definition) is 0. The van der Waals surface area contributed by atoms with Crippen molar-refractivity contribution in [2.75, 3.05) is 25.5 Å². The first-order valence-electron chi connectivity index (χ1n) is 4.26. The molecule has 64 valence electrons. The van der Waals surface area contributed by atoms with E-state index in [1.54, 1.807) is 0 Å². The van der Waals surface area contributed by atoms with Gasteiger partial charge in [-0.05, 0) is 25.8 Å². The zero-order valence-electron chi connectivity index (χ0n) is 7.09. The van der Waals surface area contributed by atoms with Crippen LogP contribution in [0.5, 0.6) is 0 Å². The summed E-state index contributed by atoms with van der Waals surface area (Å²) in [6.45, 7) is 5.58. The van der Waals surface area contributed by atoms with E-state index in [0.29, 0.717) is 0 Å². The topological polar surface area (TPSA) is 3.24 Å². The van der Waals surface area contributed by atoms with Gasteiger partial charge >= 0.3 is 0 Å². The average Bonchev–Trinajstić information content (AvgIpc) is 2.48. The van der Waals surface area contributed by atoms with E-state index in [2.05, 4.69) is 24.0 Å². The summed E-state index contributed by atoms with van der Waals surface area (Å²) in [7, 11) is 0.